The highest BCUT2D eigenvalue weighted by atomic mass is 16.3. The number of aliphatic hydroxyl groups is 1. The van der Waals surface area contributed by atoms with Gasteiger partial charge in [-0.05, 0) is 18.4 Å². The minimum absolute atomic E-state index is 0.00837. The molecule has 1 N–H and O–H groups in total. The number of hydrogen-bond acceptors (Lipinski definition) is 2. The molecule has 1 unspecified atom stereocenters. The lowest BCUT2D eigenvalue weighted by Gasteiger charge is -2.36. The standard InChI is InChI=1S/C21H30N3O2/c1-17-22(2)13-15-24(17)16-14-23(3)20(25)21(26,19-11-7-8-12-19)18-9-5-4-6-10-18/h4-6,9-10,13,15,19,26H,7-8,11-12,14,16H2,1-3H3/q+1. The van der Waals surface area contributed by atoms with E-state index in [-0.39, 0.29) is 11.8 Å². The summed E-state index contributed by atoms with van der Waals surface area (Å²) in [5.74, 6) is 0.940. The lowest BCUT2D eigenvalue weighted by atomic mass is 9.79. The molecule has 1 aliphatic rings. The van der Waals surface area contributed by atoms with Crippen molar-refractivity contribution in [3.05, 3.63) is 54.1 Å². The van der Waals surface area contributed by atoms with E-state index in [0.717, 1.165) is 31.5 Å². The van der Waals surface area contributed by atoms with E-state index in [1.165, 1.54) is 0 Å². The molecule has 5 heteroatoms. The van der Waals surface area contributed by atoms with Gasteiger partial charge in [0.1, 0.15) is 18.9 Å². The summed E-state index contributed by atoms with van der Waals surface area (Å²) in [6.45, 7) is 3.33. The molecule has 1 amide bonds. The van der Waals surface area contributed by atoms with Crippen LogP contribution in [0.4, 0.5) is 0 Å². The number of carbonyl (C=O) groups excluding carboxylic acids is 1. The van der Waals surface area contributed by atoms with Crippen LogP contribution in [0.1, 0.15) is 37.1 Å². The Morgan fingerprint density at radius 1 is 1.31 bits per heavy atom. The van der Waals surface area contributed by atoms with E-state index >= 15 is 0 Å². The summed E-state index contributed by atoms with van der Waals surface area (Å²) in [6, 6.07) is 9.46. The van der Waals surface area contributed by atoms with Gasteiger partial charge in [-0.15, -0.1) is 0 Å². The maximum absolute atomic E-state index is 13.3. The van der Waals surface area contributed by atoms with Gasteiger partial charge in [-0.2, -0.15) is 0 Å². The van der Waals surface area contributed by atoms with Crippen molar-refractivity contribution in [2.45, 2.75) is 44.8 Å². The van der Waals surface area contributed by atoms with Crippen LogP contribution in [0.15, 0.2) is 42.7 Å². The number of amides is 1. The van der Waals surface area contributed by atoms with Crippen molar-refractivity contribution in [1.82, 2.24) is 9.47 Å². The predicted octanol–water partition coefficient (Wildman–Crippen LogP) is 2.16. The second-order valence-electron chi connectivity index (χ2n) is 7.49. The second kappa shape index (κ2) is 7.62. The van der Waals surface area contributed by atoms with Gasteiger partial charge in [0.15, 0.2) is 5.60 Å². The largest absolute Gasteiger partial charge is 0.375 e. The van der Waals surface area contributed by atoms with Crippen LogP contribution in [0.25, 0.3) is 0 Å². The Morgan fingerprint density at radius 3 is 2.54 bits per heavy atom. The maximum atomic E-state index is 13.3. The predicted molar refractivity (Wildman–Crippen MR) is 100 cm³/mol. The van der Waals surface area contributed by atoms with Gasteiger partial charge in [0.05, 0.1) is 13.6 Å². The number of nitrogens with zero attached hydrogens (tertiary/aromatic N) is 3. The Kier molecular flexibility index (Phi) is 5.47. The molecular formula is C21H30N3O2+. The first-order valence-electron chi connectivity index (χ1n) is 9.49. The van der Waals surface area contributed by atoms with Crippen molar-refractivity contribution < 1.29 is 14.5 Å². The number of imidazole rings is 1. The van der Waals surface area contributed by atoms with Gasteiger partial charge in [-0.3, -0.25) is 4.79 Å². The third-order valence-electron chi connectivity index (χ3n) is 5.91. The molecule has 0 bridgehead atoms. The minimum Gasteiger partial charge on any atom is -0.375 e. The number of aromatic nitrogens is 2. The Hall–Kier alpha value is -2.14. The molecular weight excluding hydrogens is 326 g/mol. The molecule has 2 aromatic rings. The van der Waals surface area contributed by atoms with Gasteiger partial charge in [0.25, 0.3) is 11.7 Å². The van der Waals surface area contributed by atoms with Gasteiger partial charge in [-0.1, -0.05) is 43.2 Å². The van der Waals surface area contributed by atoms with E-state index in [4.69, 9.17) is 0 Å². The van der Waals surface area contributed by atoms with E-state index in [1.54, 1.807) is 11.9 Å². The SMILES string of the molecule is Cc1n(CCN(C)C(=O)C(O)(c2ccccc2)C2CCCC2)cc[n+]1C. The molecule has 1 fully saturated rings. The summed E-state index contributed by atoms with van der Waals surface area (Å²) in [4.78, 5) is 15.0. The molecule has 0 spiro atoms. The number of hydrogen-bond donors (Lipinski definition) is 1. The average Bonchev–Trinajstić information content (AvgIpc) is 3.31. The number of aryl methyl sites for hydroxylation is 1. The second-order valence-corrected chi connectivity index (χ2v) is 7.49. The summed E-state index contributed by atoms with van der Waals surface area (Å²) in [5.41, 5.74) is -0.713. The zero-order chi connectivity index (χ0) is 18.7. The molecule has 5 nitrogen and oxygen atoms in total. The van der Waals surface area contributed by atoms with Crippen LogP contribution in [-0.4, -0.2) is 34.1 Å². The van der Waals surface area contributed by atoms with Crippen LogP contribution in [0.5, 0.6) is 0 Å². The normalized spacial score (nSPS) is 17.2. The zero-order valence-corrected chi connectivity index (χ0v) is 16.1. The average molecular weight is 356 g/mol. The topological polar surface area (TPSA) is 49.4 Å². The van der Waals surface area contributed by atoms with E-state index in [9.17, 15) is 9.90 Å². The lowest BCUT2D eigenvalue weighted by molar-refractivity contribution is -0.677. The first-order chi connectivity index (χ1) is 12.4. The molecule has 1 heterocycles. The lowest BCUT2D eigenvalue weighted by Crippen LogP contribution is -2.50. The quantitative estimate of drug-likeness (QED) is 0.807. The number of benzene rings is 1. The van der Waals surface area contributed by atoms with Gasteiger partial charge in [0.2, 0.25) is 0 Å². The van der Waals surface area contributed by atoms with Crippen LogP contribution in [0, 0.1) is 12.8 Å². The molecule has 1 atom stereocenters. The summed E-state index contributed by atoms with van der Waals surface area (Å²) in [5, 5.41) is 11.6. The highest BCUT2D eigenvalue weighted by molar-refractivity contribution is 5.86. The fourth-order valence-corrected chi connectivity index (χ4v) is 4.06. The highest BCUT2D eigenvalue weighted by Crippen LogP contribution is 2.41. The van der Waals surface area contributed by atoms with E-state index < -0.39 is 5.60 Å². The summed E-state index contributed by atoms with van der Waals surface area (Å²) < 4.78 is 4.18. The van der Waals surface area contributed by atoms with Crippen molar-refractivity contribution in [2.75, 3.05) is 13.6 Å². The molecule has 3 rings (SSSR count). The van der Waals surface area contributed by atoms with Crippen LogP contribution in [-0.2, 0) is 24.0 Å². The number of rotatable bonds is 6. The summed E-state index contributed by atoms with van der Waals surface area (Å²) in [6.07, 6.45) is 7.99. The van der Waals surface area contributed by atoms with Crippen molar-refractivity contribution in [2.24, 2.45) is 13.0 Å². The van der Waals surface area contributed by atoms with Crippen molar-refractivity contribution in [3.63, 3.8) is 0 Å². The molecule has 26 heavy (non-hydrogen) atoms. The molecule has 0 aliphatic heterocycles. The summed E-state index contributed by atoms with van der Waals surface area (Å²) >= 11 is 0. The Morgan fingerprint density at radius 2 is 1.96 bits per heavy atom. The molecule has 140 valence electrons. The zero-order valence-electron chi connectivity index (χ0n) is 16.1. The Balaban J connectivity index is 1.79. The molecule has 0 radical (unpaired) electrons. The third kappa shape index (κ3) is 3.40. The van der Waals surface area contributed by atoms with Crippen molar-refractivity contribution >= 4 is 5.91 Å². The monoisotopic (exact) mass is 356 g/mol. The van der Waals surface area contributed by atoms with E-state index in [1.807, 2.05) is 49.8 Å². The first-order valence-corrected chi connectivity index (χ1v) is 9.49. The van der Waals surface area contributed by atoms with Crippen LogP contribution >= 0.6 is 0 Å². The van der Waals surface area contributed by atoms with E-state index in [0.29, 0.717) is 18.7 Å². The van der Waals surface area contributed by atoms with Crippen molar-refractivity contribution in [3.8, 4) is 0 Å². The fraction of sp³-hybridized carbons (Fsp3) is 0.524. The maximum Gasteiger partial charge on any atom is 0.259 e. The molecule has 1 aromatic carbocycles. The summed E-state index contributed by atoms with van der Waals surface area (Å²) in [7, 11) is 3.80. The van der Waals surface area contributed by atoms with Crippen LogP contribution in [0.3, 0.4) is 0 Å². The van der Waals surface area contributed by atoms with Crippen LogP contribution < -0.4 is 4.57 Å². The molecule has 0 saturated heterocycles. The minimum atomic E-state index is -1.43. The Labute approximate surface area is 155 Å². The van der Waals surface area contributed by atoms with Crippen LogP contribution in [0.2, 0.25) is 0 Å². The number of likely N-dealkylation sites (N-methyl/N-ethyl adjacent to an activating group) is 1. The fourth-order valence-electron chi connectivity index (χ4n) is 4.06. The van der Waals surface area contributed by atoms with Gasteiger partial charge < -0.3 is 10.0 Å². The molecule has 1 aliphatic carbocycles. The van der Waals surface area contributed by atoms with Crippen molar-refractivity contribution in [1.29, 1.82) is 0 Å². The highest BCUT2D eigenvalue weighted by Gasteiger charge is 2.47. The van der Waals surface area contributed by atoms with Gasteiger partial charge >= 0.3 is 0 Å². The molecule has 1 saturated carbocycles. The van der Waals surface area contributed by atoms with E-state index in [2.05, 4.69) is 16.1 Å². The third-order valence-corrected chi connectivity index (χ3v) is 5.91. The Bertz CT molecular complexity index is 750. The van der Waals surface area contributed by atoms with Gasteiger partial charge in [0, 0.05) is 19.9 Å². The first kappa shape index (κ1) is 18.6. The molecule has 1 aromatic heterocycles. The smallest absolute Gasteiger partial charge is 0.259 e. The number of carbonyl (C=O) groups is 1. The van der Waals surface area contributed by atoms with Gasteiger partial charge in [-0.25, -0.2) is 9.13 Å².